The zero-order valence-electron chi connectivity index (χ0n) is 11.5. The van der Waals surface area contributed by atoms with Crippen molar-refractivity contribution in [3.05, 3.63) is 35.9 Å². The van der Waals surface area contributed by atoms with Crippen molar-refractivity contribution in [1.29, 1.82) is 0 Å². The standard InChI is InChI=1S/C16H23NO2/c1-16(19,12-5-3-2-4-6-12)11-17-13-7-8-14(17)10-15(18)9-13/h2-6,13-15,18-19H,7-11H2,1H3/t13-,14+,15?,16?. The van der Waals surface area contributed by atoms with Crippen LogP contribution in [0.4, 0.5) is 0 Å². The molecule has 2 bridgehead atoms. The Hall–Kier alpha value is -0.900. The molecule has 4 atom stereocenters. The second kappa shape index (κ2) is 4.89. The van der Waals surface area contributed by atoms with Crippen LogP contribution in [0.15, 0.2) is 30.3 Å². The van der Waals surface area contributed by atoms with E-state index >= 15 is 0 Å². The van der Waals surface area contributed by atoms with Crippen molar-refractivity contribution in [1.82, 2.24) is 4.90 Å². The van der Waals surface area contributed by atoms with Crippen LogP contribution in [0.25, 0.3) is 0 Å². The van der Waals surface area contributed by atoms with Crippen molar-refractivity contribution in [3.63, 3.8) is 0 Å². The van der Waals surface area contributed by atoms with Crippen molar-refractivity contribution >= 4 is 0 Å². The van der Waals surface area contributed by atoms with Crippen molar-refractivity contribution in [2.45, 2.75) is 56.4 Å². The number of nitrogens with zero attached hydrogens (tertiary/aromatic N) is 1. The third kappa shape index (κ3) is 2.55. The van der Waals surface area contributed by atoms with Crippen LogP contribution in [0.3, 0.4) is 0 Å². The first-order chi connectivity index (χ1) is 9.06. The maximum atomic E-state index is 10.8. The second-order valence-corrected chi connectivity index (χ2v) is 6.32. The molecule has 0 aromatic heterocycles. The van der Waals surface area contributed by atoms with Crippen LogP contribution in [0, 0.1) is 0 Å². The molecule has 1 aromatic rings. The highest BCUT2D eigenvalue weighted by molar-refractivity contribution is 5.22. The van der Waals surface area contributed by atoms with Gasteiger partial charge < -0.3 is 10.2 Å². The number of piperidine rings is 1. The average Bonchev–Trinajstić information content (AvgIpc) is 2.62. The molecular formula is C16H23NO2. The highest BCUT2D eigenvalue weighted by atomic mass is 16.3. The summed E-state index contributed by atoms with van der Waals surface area (Å²) in [7, 11) is 0. The number of fused-ring (bicyclic) bond motifs is 2. The Kier molecular flexibility index (Phi) is 3.37. The van der Waals surface area contributed by atoms with E-state index < -0.39 is 5.60 Å². The van der Waals surface area contributed by atoms with E-state index in [2.05, 4.69) is 4.90 Å². The molecule has 0 spiro atoms. The van der Waals surface area contributed by atoms with E-state index in [0.717, 1.165) is 31.2 Å². The van der Waals surface area contributed by atoms with Crippen molar-refractivity contribution < 1.29 is 10.2 Å². The molecule has 3 rings (SSSR count). The summed E-state index contributed by atoms with van der Waals surface area (Å²) in [5.41, 5.74) is 0.158. The topological polar surface area (TPSA) is 43.7 Å². The third-order valence-electron chi connectivity index (χ3n) is 4.75. The van der Waals surface area contributed by atoms with E-state index in [9.17, 15) is 10.2 Å². The predicted octanol–water partition coefficient (Wildman–Crippen LogP) is 1.88. The lowest BCUT2D eigenvalue weighted by atomic mass is 9.92. The first kappa shape index (κ1) is 13.1. The zero-order chi connectivity index (χ0) is 13.5. The van der Waals surface area contributed by atoms with E-state index in [1.807, 2.05) is 37.3 Å². The molecule has 0 radical (unpaired) electrons. The molecule has 3 heteroatoms. The van der Waals surface area contributed by atoms with Crippen LogP contribution in [0.2, 0.25) is 0 Å². The lowest BCUT2D eigenvalue weighted by molar-refractivity contribution is -0.0340. The smallest absolute Gasteiger partial charge is 0.0995 e. The fraction of sp³-hybridized carbons (Fsp3) is 0.625. The Balaban J connectivity index is 1.75. The SMILES string of the molecule is CC(O)(CN1[C@@H]2CC[C@H]1CC(O)C2)c1ccccc1. The lowest BCUT2D eigenvalue weighted by Gasteiger charge is -2.41. The Morgan fingerprint density at radius 3 is 2.32 bits per heavy atom. The van der Waals surface area contributed by atoms with Crippen LogP contribution < -0.4 is 0 Å². The third-order valence-corrected chi connectivity index (χ3v) is 4.75. The maximum Gasteiger partial charge on any atom is 0.0995 e. The van der Waals surface area contributed by atoms with Gasteiger partial charge in [-0.1, -0.05) is 30.3 Å². The van der Waals surface area contributed by atoms with Gasteiger partial charge in [-0.15, -0.1) is 0 Å². The van der Waals surface area contributed by atoms with E-state index in [0.29, 0.717) is 18.6 Å². The van der Waals surface area contributed by atoms with Gasteiger partial charge in [0.2, 0.25) is 0 Å². The van der Waals surface area contributed by atoms with Gasteiger partial charge in [0.15, 0.2) is 0 Å². The molecule has 2 N–H and O–H groups in total. The van der Waals surface area contributed by atoms with E-state index in [4.69, 9.17) is 0 Å². The summed E-state index contributed by atoms with van der Waals surface area (Å²) in [6, 6.07) is 10.8. The van der Waals surface area contributed by atoms with E-state index in [1.54, 1.807) is 0 Å². The van der Waals surface area contributed by atoms with Crippen molar-refractivity contribution in [3.8, 4) is 0 Å². The average molecular weight is 261 g/mol. The fourth-order valence-corrected chi connectivity index (χ4v) is 3.75. The van der Waals surface area contributed by atoms with Gasteiger partial charge in [0.05, 0.1) is 11.7 Å². The van der Waals surface area contributed by atoms with Crippen LogP contribution in [-0.2, 0) is 5.60 Å². The molecule has 0 amide bonds. The normalized spacial score (nSPS) is 34.2. The fourth-order valence-electron chi connectivity index (χ4n) is 3.75. The van der Waals surface area contributed by atoms with Crippen molar-refractivity contribution in [2.24, 2.45) is 0 Å². The van der Waals surface area contributed by atoms with Gasteiger partial charge in [-0.05, 0) is 38.2 Å². The molecule has 3 nitrogen and oxygen atoms in total. The number of rotatable bonds is 3. The highest BCUT2D eigenvalue weighted by Gasteiger charge is 2.42. The zero-order valence-corrected chi connectivity index (χ0v) is 11.5. The molecule has 2 heterocycles. The summed E-state index contributed by atoms with van der Waals surface area (Å²) in [6.45, 7) is 2.56. The maximum absolute atomic E-state index is 10.8. The van der Waals surface area contributed by atoms with Crippen LogP contribution in [0.1, 0.15) is 38.2 Å². The minimum Gasteiger partial charge on any atom is -0.393 e. The molecule has 1 aromatic carbocycles. The lowest BCUT2D eigenvalue weighted by Crippen LogP contribution is -2.50. The molecule has 2 fully saturated rings. The van der Waals surface area contributed by atoms with Gasteiger partial charge in [-0.2, -0.15) is 0 Å². The quantitative estimate of drug-likeness (QED) is 0.873. The summed E-state index contributed by atoms with van der Waals surface area (Å²) in [5, 5.41) is 20.6. The molecule has 2 aliphatic rings. The molecule has 104 valence electrons. The summed E-state index contributed by atoms with van der Waals surface area (Å²) >= 11 is 0. The molecule has 0 aliphatic carbocycles. The summed E-state index contributed by atoms with van der Waals surface area (Å²) in [4.78, 5) is 2.42. The Bertz CT molecular complexity index is 418. The summed E-state index contributed by atoms with van der Waals surface area (Å²) in [5.74, 6) is 0. The second-order valence-electron chi connectivity index (χ2n) is 6.32. The number of hydrogen-bond acceptors (Lipinski definition) is 3. The molecule has 19 heavy (non-hydrogen) atoms. The predicted molar refractivity (Wildman–Crippen MR) is 74.8 cm³/mol. The minimum atomic E-state index is -0.815. The van der Waals surface area contributed by atoms with Crippen molar-refractivity contribution in [2.75, 3.05) is 6.54 Å². The number of aliphatic hydroxyl groups excluding tert-OH is 1. The van der Waals surface area contributed by atoms with Gasteiger partial charge in [-0.25, -0.2) is 0 Å². The summed E-state index contributed by atoms with van der Waals surface area (Å²) < 4.78 is 0. The van der Waals surface area contributed by atoms with Crippen LogP contribution in [0.5, 0.6) is 0 Å². The van der Waals surface area contributed by atoms with Gasteiger partial charge in [0, 0.05) is 18.6 Å². The van der Waals surface area contributed by atoms with Gasteiger partial charge in [0.1, 0.15) is 0 Å². The largest absolute Gasteiger partial charge is 0.393 e. The Morgan fingerprint density at radius 2 is 1.74 bits per heavy atom. The summed E-state index contributed by atoms with van der Waals surface area (Å²) in [6.07, 6.45) is 3.90. The van der Waals surface area contributed by atoms with Crippen LogP contribution >= 0.6 is 0 Å². The Morgan fingerprint density at radius 1 is 1.16 bits per heavy atom. The highest BCUT2D eigenvalue weighted by Crippen LogP contribution is 2.38. The molecule has 2 saturated heterocycles. The van der Waals surface area contributed by atoms with Gasteiger partial charge >= 0.3 is 0 Å². The monoisotopic (exact) mass is 261 g/mol. The molecule has 2 unspecified atom stereocenters. The number of benzene rings is 1. The Labute approximate surface area is 114 Å². The van der Waals surface area contributed by atoms with Gasteiger partial charge in [0.25, 0.3) is 0 Å². The first-order valence-electron chi connectivity index (χ1n) is 7.28. The van der Waals surface area contributed by atoms with E-state index in [1.165, 1.54) is 0 Å². The van der Waals surface area contributed by atoms with Gasteiger partial charge in [-0.3, -0.25) is 4.90 Å². The molecule has 0 saturated carbocycles. The first-order valence-corrected chi connectivity index (χ1v) is 7.28. The van der Waals surface area contributed by atoms with E-state index in [-0.39, 0.29) is 6.10 Å². The minimum absolute atomic E-state index is 0.143. The van der Waals surface area contributed by atoms with Crippen LogP contribution in [-0.4, -0.2) is 39.8 Å². The number of hydrogen-bond donors (Lipinski definition) is 2. The molecular weight excluding hydrogens is 238 g/mol. The number of aliphatic hydroxyl groups is 2. The molecule has 2 aliphatic heterocycles.